The third-order valence-corrected chi connectivity index (χ3v) is 4.28. The maximum atomic E-state index is 11.0. The molecule has 0 fully saturated rings. The predicted molar refractivity (Wildman–Crippen MR) is 91.7 cm³/mol. The minimum atomic E-state index is -0.701. The Kier molecular flexibility index (Phi) is 12.0. The lowest BCUT2D eigenvalue weighted by Crippen LogP contribution is -2.23. The van der Waals surface area contributed by atoms with Gasteiger partial charge in [-0.15, -0.1) is 12.3 Å². The van der Waals surface area contributed by atoms with E-state index in [-0.39, 0.29) is 6.10 Å². The van der Waals surface area contributed by atoms with Gasteiger partial charge in [0.15, 0.2) is 0 Å². The number of rotatable bonds is 14. The second-order valence-corrected chi connectivity index (χ2v) is 6.95. The number of aliphatic carboxylic acids is 1. The first-order valence-corrected chi connectivity index (χ1v) is 8.75. The second kappa shape index (κ2) is 12.5. The van der Waals surface area contributed by atoms with E-state index in [1.54, 1.807) is 13.8 Å². The second-order valence-electron chi connectivity index (χ2n) is 6.95. The van der Waals surface area contributed by atoms with Crippen molar-refractivity contribution in [3.63, 3.8) is 0 Å². The summed E-state index contributed by atoms with van der Waals surface area (Å²) in [6.45, 7) is 3.59. The van der Waals surface area contributed by atoms with E-state index in [4.69, 9.17) is 11.5 Å². The Morgan fingerprint density at radius 2 is 1.50 bits per heavy atom. The number of carboxylic acid groups (broad SMARTS) is 1. The van der Waals surface area contributed by atoms with Crippen molar-refractivity contribution in [1.82, 2.24) is 0 Å². The number of carbonyl (C=O) groups is 1. The third kappa shape index (κ3) is 11.6. The predicted octanol–water partition coefficient (Wildman–Crippen LogP) is 4.77. The summed E-state index contributed by atoms with van der Waals surface area (Å²) in [6.07, 6.45) is 17.1. The standard InChI is InChI=1S/C19H34O3/c1-4-5-11-14-17(20)15-12-9-7-6-8-10-13-16-19(2,3)18(21)22/h1,17,20H,5-16H2,2-3H3,(H,21,22)/t17-/m0/s1. The van der Waals surface area contributed by atoms with Crippen molar-refractivity contribution in [3.05, 3.63) is 0 Å². The number of unbranched alkanes of at least 4 members (excludes halogenated alkanes) is 7. The summed E-state index contributed by atoms with van der Waals surface area (Å²) in [5.41, 5.74) is -0.588. The quantitative estimate of drug-likeness (QED) is 0.359. The first-order chi connectivity index (χ1) is 10.4. The van der Waals surface area contributed by atoms with Gasteiger partial charge < -0.3 is 10.2 Å². The summed E-state index contributed by atoms with van der Waals surface area (Å²) in [5, 5.41) is 18.8. The molecule has 1 atom stereocenters. The van der Waals surface area contributed by atoms with Crippen molar-refractivity contribution in [3.8, 4) is 12.3 Å². The fourth-order valence-corrected chi connectivity index (χ4v) is 2.52. The highest BCUT2D eigenvalue weighted by Gasteiger charge is 2.25. The maximum absolute atomic E-state index is 11.0. The number of aliphatic hydroxyl groups excluding tert-OH is 1. The molecular weight excluding hydrogens is 276 g/mol. The molecule has 2 N–H and O–H groups in total. The normalized spacial score (nSPS) is 12.8. The molecule has 0 unspecified atom stereocenters. The Bertz CT molecular complexity index is 328. The lowest BCUT2D eigenvalue weighted by Gasteiger charge is -2.18. The highest BCUT2D eigenvalue weighted by Crippen LogP contribution is 2.24. The highest BCUT2D eigenvalue weighted by atomic mass is 16.4. The van der Waals surface area contributed by atoms with Crippen LogP contribution in [-0.2, 0) is 4.79 Å². The van der Waals surface area contributed by atoms with Crippen LogP contribution in [0.25, 0.3) is 0 Å². The van der Waals surface area contributed by atoms with Gasteiger partial charge in [0, 0.05) is 6.42 Å². The molecule has 22 heavy (non-hydrogen) atoms. The van der Waals surface area contributed by atoms with Gasteiger partial charge in [0.05, 0.1) is 11.5 Å². The molecule has 0 amide bonds. The number of hydrogen-bond donors (Lipinski definition) is 2. The van der Waals surface area contributed by atoms with Gasteiger partial charge in [0.25, 0.3) is 0 Å². The lowest BCUT2D eigenvalue weighted by atomic mass is 9.87. The molecular formula is C19H34O3. The largest absolute Gasteiger partial charge is 0.481 e. The van der Waals surface area contributed by atoms with Crippen LogP contribution < -0.4 is 0 Å². The molecule has 0 aromatic carbocycles. The minimum Gasteiger partial charge on any atom is -0.481 e. The molecule has 0 rings (SSSR count). The molecule has 3 heteroatoms. The molecule has 0 bridgehead atoms. The first kappa shape index (κ1) is 21.0. The van der Waals surface area contributed by atoms with Gasteiger partial charge in [-0.1, -0.05) is 44.9 Å². The van der Waals surface area contributed by atoms with Crippen molar-refractivity contribution in [2.45, 2.75) is 97.0 Å². The van der Waals surface area contributed by atoms with Gasteiger partial charge >= 0.3 is 5.97 Å². The molecule has 0 saturated carbocycles. The van der Waals surface area contributed by atoms with Crippen molar-refractivity contribution in [2.24, 2.45) is 5.41 Å². The lowest BCUT2D eigenvalue weighted by molar-refractivity contribution is -0.147. The van der Waals surface area contributed by atoms with Crippen LogP contribution in [0.4, 0.5) is 0 Å². The monoisotopic (exact) mass is 310 g/mol. The summed E-state index contributed by atoms with van der Waals surface area (Å²) < 4.78 is 0. The molecule has 0 radical (unpaired) electrons. The minimum absolute atomic E-state index is 0.188. The molecule has 0 heterocycles. The van der Waals surface area contributed by atoms with Crippen LogP contribution in [0.3, 0.4) is 0 Å². The van der Waals surface area contributed by atoms with E-state index in [0.717, 1.165) is 51.4 Å². The fourth-order valence-electron chi connectivity index (χ4n) is 2.52. The summed E-state index contributed by atoms with van der Waals surface area (Å²) >= 11 is 0. The van der Waals surface area contributed by atoms with Gasteiger partial charge in [-0.3, -0.25) is 4.79 Å². The van der Waals surface area contributed by atoms with Crippen molar-refractivity contribution >= 4 is 5.97 Å². The number of aliphatic hydroxyl groups is 1. The maximum Gasteiger partial charge on any atom is 0.309 e. The zero-order valence-electron chi connectivity index (χ0n) is 14.4. The molecule has 0 aromatic heterocycles. The summed E-state index contributed by atoms with van der Waals surface area (Å²) in [5.74, 6) is 1.89. The van der Waals surface area contributed by atoms with E-state index >= 15 is 0 Å². The molecule has 3 nitrogen and oxygen atoms in total. The summed E-state index contributed by atoms with van der Waals surface area (Å²) in [7, 11) is 0. The number of carboxylic acids is 1. The van der Waals surface area contributed by atoms with Gasteiger partial charge in [0.1, 0.15) is 0 Å². The van der Waals surface area contributed by atoms with Gasteiger partial charge in [-0.2, -0.15) is 0 Å². The SMILES string of the molecule is C#CCCC[C@H](O)CCCCCCCCCC(C)(C)C(=O)O. The van der Waals surface area contributed by atoms with E-state index < -0.39 is 11.4 Å². The molecule has 128 valence electrons. The number of terminal acetylenes is 1. The zero-order valence-corrected chi connectivity index (χ0v) is 14.4. The van der Waals surface area contributed by atoms with Gasteiger partial charge in [-0.25, -0.2) is 0 Å². The van der Waals surface area contributed by atoms with E-state index in [2.05, 4.69) is 5.92 Å². The van der Waals surface area contributed by atoms with Crippen LogP contribution in [-0.4, -0.2) is 22.3 Å². The van der Waals surface area contributed by atoms with Gasteiger partial charge in [-0.05, 0) is 39.5 Å². The third-order valence-electron chi connectivity index (χ3n) is 4.28. The molecule has 0 aromatic rings. The first-order valence-electron chi connectivity index (χ1n) is 8.75. The van der Waals surface area contributed by atoms with Gasteiger partial charge in [0.2, 0.25) is 0 Å². The average molecular weight is 310 g/mol. The average Bonchev–Trinajstić information content (AvgIpc) is 2.45. The molecule has 0 aliphatic carbocycles. The molecule has 0 aliphatic rings. The van der Waals surface area contributed by atoms with E-state index in [1.807, 2.05) is 0 Å². The molecule has 0 spiro atoms. The van der Waals surface area contributed by atoms with E-state index in [1.165, 1.54) is 25.7 Å². The summed E-state index contributed by atoms with van der Waals surface area (Å²) in [6, 6.07) is 0. The van der Waals surface area contributed by atoms with Crippen LogP contribution in [0, 0.1) is 17.8 Å². The smallest absolute Gasteiger partial charge is 0.309 e. The Balaban J connectivity index is 3.34. The van der Waals surface area contributed by atoms with Crippen LogP contribution in [0.5, 0.6) is 0 Å². The Morgan fingerprint density at radius 3 is 2.05 bits per heavy atom. The zero-order chi connectivity index (χ0) is 16.8. The molecule has 0 saturated heterocycles. The Labute approximate surface area is 136 Å². The Hall–Kier alpha value is -1.01. The van der Waals surface area contributed by atoms with Crippen molar-refractivity contribution in [1.29, 1.82) is 0 Å². The van der Waals surface area contributed by atoms with E-state index in [0.29, 0.717) is 0 Å². The number of hydrogen-bond acceptors (Lipinski definition) is 2. The van der Waals surface area contributed by atoms with Crippen molar-refractivity contribution < 1.29 is 15.0 Å². The van der Waals surface area contributed by atoms with Crippen LogP contribution in [0.1, 0.15) is 90.9 Å². The molecule has 0 aliphatic heterocycles. The Morgan fingerprint density at radius 1 is 1.00 bits per heavy atom. The van der Waals surface area contributed by atoms with Crippen LogP contribution in [0.15, 0.2) is 0 Å². The van der Waals surface area contributed by atoms with Crippen LogP contribution in [0.2, 0.25) is 0 Å². The van der Waals surface area contributed by atoms with E-state index in [9.17, 15) is 9.90 Å². The highest BCUT2D eigenvalue weighted by molar-refractivity contribution is 5.73. The fraction of sp³-hybridized carbons (Fsp3) is 0.842. The topological polar surface area (TPSA) is 57.5 Å². The summed E-state index contributed by atoms with van der Waals surface area (Å²) in [4.78, 5) is 11.0. The van der Waals surface area contributed by atoms with Crippen LogP contribution >= 0.6 is 0 Å². The van der Waals surface area contributed by atoms with Crippen molar-refractivity contribution in [2.75, 3.05) is 0 Å².